The number of aromatic nitrogens is 1. The number of esters is 2. The number of methoxy groups -OCH3 is 1. The summed E-state index contributed by atoms with van der Waals surface area (Å²) in [5, 5.41) is 27.1. The van der Waals surface area contributed by atoms with E-state index in [1.807, 2.05) is 31.2 Å². The molecule has 4 aliphatic carbocycles. The van der Waals surface area contributed by atoms with Gasteiger partial charge < -0.3 is 30.0 Å². The second kappa shape index (κ2) is 12.9. The second-order valence-corrected chi connectivity index (χ2v) is 14.8. The fraction of sp³-hybridized carbons (Fsp3) is 0.595. The molecule has 3 saturated carbocycles. The van der Waals surface area contributed by atoms with Gasteiger partial charge in [0.2, 0.25) is 11.7 Å². The second-order valence-electron chi connectivity index (χ2n) is 14.8. The molecule has 6 rings (SSSR count). The van der Waals surface area contributed by atoms with Gasteiger partial charge in [-0.2, -0.15) is 0 Å². The van der Waals surface area contributed by atoms with Gasteiger partial charge in [-0.05, 0) is 79.4 Å². The van der Waals surface area contributed by atoms with E-state index in [2.05, 4.69) is 17.2 Å². The van der Waals surface area contributed by atoms with Crippen LogP contribution in [0.1, 0.15) is 77.2 Å². The highest BCUT2D eigenvalue weighted by atomic mass is 16.5. The van der Waals surface area contributed by atoms with Crippen molar-refractivity contribution in [2.75, 3.05) is 13.7 Å². The SMILES string of the molecule is COC(=O)[C@H](Cc1c[nH]c2ccccc12)NC(=O)CCC(=O)OCC(=O)[C@@]1(O)CC[C@@H]2[C@@H]3CCC4=CC(=O)CC[C@]4(C)[C@@H]3[C@@H](O)C[C@@]21C. The third-order valence-electron chi connectivity index (χ3n) is 12.3. The average molecular weight is 663 g/mol. The lowest BCUT2D eigenvalue weighted by Crippen LogP contribution is -2.62. The summed E-state index contributed by atoms with van der Waals surface area (Å²) in [5.41, 5.74) is -0.109. The number of carbonyl (C=O) groups excluding carboxylic acids is 5. The van der Waals surface area contributed by atoms with Crippen LogP contribution in [-0.4, -0.2) is 76.1 Å². The number of aliphatic hydroxyl groups excluding tert-OH is 1. The number of ketones is 2. The van der Waals surface area contributed by atoms with E-state index in [9.17, 15) is 34.2 Å². The molecule has 3 fully saturated rings. The first-order valence-corrected chi connectivity index (χ1v) is 17.1. The van der Waals surface area contributed by atoms with Gasteiger partial charge in [0.25, 0.3) is 0 Å². The van der Waals surface area contributed by atoms with Crippen LogP contribution >= 0.6 is 0 Å². The Kier molecular flexibility index (Phi) is 9.14. The summed E-state index contributed by atoms with van der Waals surface area (Å²) >= 11 is 0. The van der Waals surface area contributed by atoms with Gasteiger partial charge in [0, 0.05) is 41.8 Å². The monoisotopic (exact) mass is 662 g/mol. The van der Waals surface area contributed by atoms with Gasteiger partial charge in [0.1, 0.15) is 11.6 Å². The van der Waals surface area contributed by atoms with Crippen LogP contribution in [0.25, 0.3) is 10.9 Å². The van der Waals surface area contributed by atoms with E-state index in [-0.39, 0.29) is 61.1 Å². The Hall–Kier alpha value is -3.83. The van der Waals surface area contributed by atoms with Crippen molar-refractivity contribution in [2.24, 2.45) is 28.6 Å². The van der Waals surface area contributed by atoms with Gasteiger partial charge in [-0.25, -0.2) is 4.79 Å². The number of carbonyl (C=O) groups is 5. The zero-order valence-electron chi connectivity index (χ0n) is 27.9. The maximum Gasteiger partial charge on any atom is 0.328 e. The fourth-order valence-corrected chi connectivity index (χ4v) is 9.83. The molecule has 4 aliphatic rings. The van der Waals surface area contributed by atoms with Crippen LogP contribution in [0.4, 0.5) is 0 Å². The van der Waals surface area contributed by atoms with Gasteiger partial charge in [-0.15, -0.1) is 0 Å². The summed E-state index contributed by atoms with van der Waals surface area (Å²) < 4.78 is 10.2. The third kappa shape index (κ3) is 5.78. The largest absolute Gasteiger partial charge is 0.467 e. The molecule has 258 valence electrons. The number of rotatable bonds is 10. The van der Waals surface area contributed by atoms with E-state index in [0.29, 0.717) is 19.3 Å². The number of hydrogen-bond donors (Lipinski definition) is 4. The number of aliphatic hydroxyl groups is 2. The first-order valence-electron chi connectivity index (χ1n) is 17.1. The Morgan fingerprint density at radius 3 is 2.62 bits per heavy atom. The summed E-state index contributed by atoms with van der Waals surface area (Å²) in [6.45, 7) is 3.39. The van der Waals surface area contributed by atoms with Crippen molar-refractivity contribution in [2.45, 2.75) is 95.8 Å². The van der Waals surface area contributed by atoms with Crippen molar-refractivity contribution >= 4 is 40.3 Å². The number of para-hydroxylation sites is 1. The Labute approximate surface area is 279 Å². The highest BCUT2D eigenvalue weighted by Crippen LogP contribution is 2.67. The Morgan fingerprint density at radius 1 is 1.08 bits per heavy atom. The van der Waals surface area contributed by atoms with Crippen molar-refractivity contribution < 1.29 is 43.7 Å². The topological polar surface area (TPSA) is 172 Å². The molecule has 0 aliphatic heterocycles. The Bertz CT molecular complexity index is 1660. The molecule has 11 heteroatoms. The smallest absolute Gasteiger partial charge is 0.328 e. The Balaban J connectivity index is 1.04. The summed E-state index contributed by atoms with van der Waals surface area (Å²) in [6.07, 6.45) is 6.19. The molecule has 1 heterocycles. The van der Waals surface area contributed by atoms with Crippen LogP contribution in [0.2, 0.25) is 0 Å². The van der Waals surface area contributed by atoms with Gasteiger partial charge >= 0.3 is 11.9 Å². The molecular formula is C37H46N2O9. The molecule has 0 radical (unpaired) electrons. The predicted molar refractivity (Wildman–Crippen MR) is 174 cm³/mol. The molecule has 1 aromatic carbocycles. The maximum absolute atomic E-state index is 13.6. The fourth-order valence-electron chi connectivity index (χ4n) is 9.83. The lowest BCUT2D eigenvalue weighted by atomic mass is 9.45. The molecule has 11 nitrogen and oxygen atoms in total. The number of allylic oxidation sites excluding steroid dienone is 1. The van der Waals surface area contributed by atoms with E-state index >= 15 is 0 Å². The number of fused-ring (bicyclic) bond motifs is 6. The molecule has 1 amide bonds. The average Bonchev–Trinajstić information content (AvgIpc) is 3.59. The molecule has 8 atom stereocenters. The zero-order chi connectivity index (χ0) is 34.4. The quantitative estimate of drug-likeness (QED) is 0.278. The number of aromatic amines is 1. The minimum atomic E-state index is -1.77. The summed E-state index contributed by atoms with van der Waals surface area (Å²) in [7, 11) is 1.24. The van der Waals surface area contributed by atoms with E-state index in [1.165, 1.54) is 7.11 Å². The first kappa shape index (κ1) is 34.0. The van der Waals surface area contributed by atoms with Crippen LogP contribution in [0.3, 0.4) is 0 Å². The van der Waals surface area contributed by atoms with Crippen LogP contribution in [0, 0.1) is 28.6 Å². The van der Waals surface area contributed by atoms with E-state index in [0.717, 1.165) is 34.9 Å². The Morgan fingerprint density at radius 2 is 1.85 bits per heavy atom. The number of hydrogen-bond acceptors (Lipinski definition) is 9. The first-order chi connectivity index (χ1) is 22.8. The van der Waals surface area contributed by atoms with Gasteiger partial charge in [-0.1, -0.05) is 37.6 Å². The molecular weight excluding hydrogens is 616 g/mol. The third-order valence-corrected chi connectivity index (χ3v) is 12.3. The minimum Gasteiger partial charge on any atom is -0.467 e. The van der Waals surface area contributed by atoms with Crippen molar-refractivity contribution in [1.82, 2.24) is 10.3 Å². The van der Waals surface area contributed by atoms with Crippen LogP contribution in [-0.2, 0) is 39.9 Å². The molecule has 0 bridgehead atoms. The van der Waals surface area contributed by atoms with E-state index in [4.69, 9.17) is 9.47 Å². The molecule has 0 unspecified atom stereocenters. The van der Waals surface area contributed by atoms with Crippen molar-refractivity contribution in [1.29, 1.82) is 0 Å². The van der Waals surface area contributed by atoms with Crippen molar-refractivity contribution in [3.63, 3.8) is 0 Å². The number of benzene rings is 1. The molecule has 0 spiro atoms. The van der Waals surface area contributed by atoms with Crippen LogP contribution < -0.4 is 5.32 Å². The van der Waals surface area contributed by atoms with E-state index < -0.39 is 53.4 Å². The molecule has 4 N–H and O–H groups in total. The molecule has 2 aromatic rings. The number of H-pyrrole nitrogens is 1. The zero-order valence-corrected chi connectivity index (χ0v) is 27.9. The van der Waals surface area contributed by atoms with Crippen molar-refractivity contribution in [3.8, 4) is 0 Å². The lowest BCUT2D eigenvalue weighted by molar-refractivity contribution is -0.184. The summed E-state index contributed by atoms with van der Waals surface area (Å²) in [6, 6.07) is 6.62. The summed E-state index contributed by atoms with van der Waals surface area (Å²) in [5.74, 6) is -2.36. The number of amides is 1. The molecule has 1 aromatic heterocycles. The lowest BCUT2D eigenvalue weighted by Gasteiger charge is -2.60. The normalized spacial score (nSPS) is 33.1. The van der Waals surface area contributed by atoms with Gasteiger partial charge in [0.15, 0.2) is 12.4 Å². The number of ether oxygens (including phenoxy) is 2. The standard InChI is InChI=1S/C37H46N2O9/c1-35-14-12-23(40)17-22(35)8-9-25-26-13-15-37(46,36(26,2)18-29(41)33(25)35)30(42)20-48-32(44)11-10-31(43)39-28(34(45)47-3)16-21-19-38-27-7-5-4-6-24(21)27/h4-7,17,19,25-26,28-29,33,38,41,46H,8-16,18,20H2,1-3H3,(H,39,43)/t25-,26+,28-,29-,33-,35-,36-,37-/m0/s1. The summed E-state index contributed by atoms with van der Waals surface area (Å²) in [4.78, 5) is 66.7. The number of nitrogens with one attached hydrogen (secondary N) is 2. The van der Waals surface area contributed by atoms with Gasteiger partial charge in [0.05, 0.1) is 19.6 Å². The maximum atomic E-state index is 13.6. The number of Topliss-reactive ketones (excluding diaryl/α,β-unsaturated/α-hetero) is 1. The highest BCUT2D eigenvalue weighted by Gasteiger charge is 2.68. The molecule has 48 heavy (non-hydrogen) atoms. The van der Waals surface area contributed by atoms with Gasteiger partial charge in [-0.3, -0.25) is 19.2 Å². The highest BCUT2D eigenvalue weighted by molar-refractivity contribution is 5.93. The van der Waals surface area contributed by atoms with Crippen LogP contribution in [0.15, 0.2) is 42.1 Å². The predicted octanol–water partition coefficient (Wildman–Crippen LogP) is 3.49. The van der Waals surface area contributed by atoms with Crippen molar-refractivity contribution in [3.05, 3.63) is 47.7 Å². The minimum absolute atomic E-state index is 0.00210. The molecule has 0 saturated heterocycles. The van der Waals surface area contributed by atoms with Crippen LogP contribution in [0.5, 0.6) is 0 Å². The van der Waals surface area contributed by atoms with E-state index in [1.54, 1.807) is 12.3 Å².